The van der Waals surface area contributed by atoms with Gasteiger partial charge in [-0.05, 0) is 30.7 Å². The minimum Gasteiger partial charge on any atom is -0.378 e. The third-order valence-corrected chi connectivity index (χ3v) is 4.40. The molecular formula is C19H20N4O. The molecule has 1 unspecified atom stereocenters. The summed E-state index contributed by atoms with van der Waals surface area (Å²) in [5.74, 6) is 0. The molecule has 1 aliphatic heterocycles. The van der Waals surface area contributed by atoms with Crippen LogP contribution in [0.2, 0.25) is 0 Å². The van der Waals surface area contributed by atoms with Crippen LogP contribution < -0.4 is 5.32 Å². The predicted octanol–water partition coefficient (Wildman–Crippen LogP) is 3.72. The zero-order valence-electron chi connectivity index (χ0n) is 13.6. The number of fused-ring (bicyclic) bond motifs is 1. The molecule has 0 aliphatic carbocycles. The molecule has 1 aliphatic rings. The van der Waals surface area contributed by atoms with Gasteiger partial charge in [-0.15, -0.1) is 0 Å². The molecule has 5 heteroatoms. The Morgan fingerprint density at radius 2 is 2.21 bits per heavy atom. The molecule has 2 N–H and O–H groups in total. The molecule has 5 nitrogen and oxygen atoms in total. The largest absolute Gasteiger partial charge is 0.378 e. The van der Waals surface area contributed by atoms with E-state index in [4.69, 9.17) is 4.74 Å². The first-order chi connectivity index (χ1) is 11.8. The SMILES string of the molecule is CC(Nc1cccc(-c2n[nH]c3c2COCC3)c1)c1cccnc1. The Kier molecular flexibility index (Phi) is 4.01. The van der Waals surface area contributed by atoms with Crippen LogP contribution >= 0.6 is 0 Å². The van der Waals surface area contributed by atoms with Crippen LogP contribution in [0.1, 0.15) is 29.8 Å². The van der Waals surface area contributed by atoms with Gasteiger partial charge in [0, 0.05) is 41.3 Å². The summed E-state index contributed by atoms with van der Waals surface area (Å²) in [5, 5.41) is 11.2. The van der Waals surface area contributed by atoms with Gasteiger partial charge in [-0.25, -0.2) is 0 Å². The number of ether oxygens (including phenoxy) is 1. The molecule has 0 saturated heterocycles. The van der Waals surface area contributed by atoms with Crippen LogP contribution in [-0.2, 0) is 17.8 Å². The molecule has 1 atom stereocenters. The number of aromatic amines is 1. The quantitative estimate of drug-likeness (QED) is 0.769. The Balaban J connectivity index is 1.59. The molecule has 0 fully saturated rings. The Hall–Kier alpha value is -2.66. The lowest BCUT2D eigenvalue weighted by Gasteiger charge is -2.16. The van der Waals surface area contributed by atoms with Gasteiger partial charge < -0.3 is 10.1 Å². The summed E-state index contributed by atoms with van der Waals surface area (Å²) in [6.45, 7) is 3.53. The molecule has 0 spiro atoms. The van der Waals surface area contributed by atoms with Crippen molar-refractivity contribution < 1.29 is 4.74 Å². The predicted molar refractivity (Wildman–Crippen MR) is 93.7 cm³/mol. The fourth-order valence-corrected chi connectivity index (χ4v) is 3.07. The second-order valence-electron chi connectivity index (χ2n) is 6.07. The van der Waals surface area contributed by atoms with E-state index >= 15 is 0 Å². The lowest BCUT2D eigenvalue weighted by Crippen LogP contribution is -2.09. The summed E-state index contributed by atoms with van der Waals surface area (Å²) in [6, 6.07) is 12.6. The van der Waals surface area contributed by atoms with Gasteiger partial charge in [-0.3, -0.25) is 10.1 Å². The van der Waals surface area contributed by atoms with Crippen molar-refractivity contribution in [2.75, 3.05) is 11.9 Å². The van der Waals surface area contributed by atoms with E-state index in [0.717, 1.165) is 35.5 Å². The first-order valence-electron chi connectivity index (χ1n) is 8.22. The third-order valence-electron chi connectivity index (χ3n) is 4.40. The highest BCUT2D eigenvalue weighted by Crippen LogP contribution is 2.29. The zero-order chi connectivity index (χ0) is 16.4. The van der Waals surface area contributed by atoms with Crippen LogP contribution in [0.5, 0.6) is 0 Å². The van der Waals surface area contributed by atoms with Gasteiger partial charge in [0.2, 0.25) is 0 Å². The average Bonchev–Trinajstić information content (AvgIpc) is 3.07. The molecule has 0 bridgehead atoms. The van der Waals surface area contributed by atoms with E-state index in [1.165, 1.54) is 11.3 Å². The molecule has 24 heavy (non-hydrogen) atoms. The molecule has 3 aromatic rings. The first-order valence-corrected chi connectivity index (χ1v) is 8.22. The number of hydrogen-bond donors (Lipinski definition) is 2. The maximum Gasteiger partial charge on any atom is 0.0979 e. The number of nitrogens with one attached hydrogen (secondary N) is 2. The maximum atomic E-state index is 5.59. The third kappa shape index (κ3) is 2.90. The smallest absolute Gasteiger partial charge is 0.0979 e. The number of aromatic nitrogens is 3. The van der Waals surface area contributed by atoms with Gasteiger partial charge in [0.05, 0.1) is 24.9 Å². The van der Waals surface area contributed by atoms with E-state index in [0.29, 0.717) is 6.61 Å². The van der Waals surface area contributed by atoms with E-state index < -0.39 is 0 Å². The standard InChI is InChI=1S/C19H20N4O/c1-13(15-5-3-8-20-11-15)21-16-6-2-4-14(10-16)19-17-12-24-9-7-18(17)22-23-19/h2-6,8,10-11,13,21H,7,9,12H2,1H3,(H,22,23). The van der Waals surface area contributed by atoms with Gasteiger partial charge >= 0.3 is 0 Å². The second-order valence-corrected chi connectivity index (χ2v) is 6.07. The number of pyridine rings is 1. The van der Waals surface area contributed by atoms with Gasteiger partial charge in [0.25, 0.3) is 0 Å². The second kappa shape index (κ2) is 6.45. The summed E-state index contributed by atoms with van der Waals surface area (Å²) in [4.78, 5) is 4.19. The Labute approximate surface area is 141 Å². The zero-order valence-corrected chi connectivity index (χ0v) is 13.6. The molecule has 0 radical (unpaired) electrons. The number of H-pyrrole nitrogens is 1. The van der Waals surface area contributed by atoms with E-state index in [9.17, 15) is 0 Å². The fraction of sp³-hybridized carbons (Fsp3) is 0.263. The molecule has 4 rings (SSSR count). The van der Waals surface area contributed by atoms with Crippen LogP contribution in [0.3, 0.4) is 0 Å². The molecule has 1 aromatic carbocycles. The van der Waals surface area contributed by atoms with Crippen molar-refractivity contribution in [1.29, 1.82) is 0 Å². The number of rotatable bonds is 4. The van der Waals surface area contributed by atoms with Crippen molar-refractivity contribution in [3.8, 4) is 11.3 Å². The van der Waals surface area contributed by atoms with Crippen molar-refractivity contribution >= 4 is 5.69 Å². The van der Waals surface area contributed by atoms with Gasteiger partial charge in [-0.2, -0.15) is 5.10 Å². The van der Waals surface area contributed by atoms with Gasteiger partial charge in [-0.1, -0.05) is 18.2 Å². The lowest BCUT2D eigenvalue weighted by atomic mass is 10.0. The molecule has 3 heterocycles. The molecule has 2 aromatic heterocycles. The molecular weight excluding hydrogens is 300 g/mol. The monoisotopic (exact) mass is 320 g/mol. The Morgan fingerprint density at radius 1 is 1.25 bits per heavy atom. The van der Waals surface area contributed by atoms with E-state index in [1.54, 1.807) is 6.20 Å². The summed E-state index contributed by atoms with van der Waals surface area (Å²) < 4.78 is 5.59. The minimum absolute atomic E-state index is 0.186. The Bertz CT molecular complexity index is 828. The highest BCUT2D eigenvalue weighted by atomic mass is 16.5. The van der Waals surface area contributed by atoms with Crippen molar-refractivity contribution in [3.63, 3.8) is 0 Å². The van der Waals surface area contributed by atoms with Crippen molar-refractivity contribution in [2.24, 2.45) is 0 Å². The normalized spacial score (nSPS) is 14.9. The summed E-state index contributed by atoms with van der Waals surface area (Å²) >= 11 is 0. The van der Waals surface area contributed by atoms with Crippen molar-refractivity contribution in [3.05, 3.63) is 65.6 Å². The van der Waals surface area contributed by atoms with Gasteiger partial charge in [0.15, 0.2) is 0 Å². The first kappa shape index (κ1) is 14.9. The van der Waals surface area contributed by atoms with E-state index in [2.05, 4.69) is 57.8 Å². The van der Waals surface area contributed by atoms with Crippen LogP contribution in [0.15, 0.2) is 48.8 Å². The molecule has 0 saturated carbocycles. The van der Waals surface area contributed by atoms with E-state index in [1.807, 2.05) is 12.3 Å². The number of hydrogen-bond acceptors (Lipinski definition) is 4. The molecule has 122 valence electrons. The summed E-state index contributed by atoms with van der Waals surface area (Å²) in [7, 11) is 0. The highest BCUT2D eigenvalue weighted by Gasteiger charge is 2.18. The number of nitrogens with zero attached hydrogens (tertiary/aromatic N) is 2. The maximum absolute atomic E-state index is 5.59. The van der Waals surface area contributed by atoms with Crippen molar-refractivity contribution in [1.82, 2.24) is 15.2 Å². The average molecular weight is 320 g/mol. The van der Waals surface area contributed by atoms with E-state index in [-0.39, 0.29) is 6.04 Å². The van der Waals surface area contributed by atoms with Crippen LogP contribution in [0.4, 0.5) is 5.69 Å². The van der Waals surface area contributed by atoms with Crippen LogP contribution in [-0.4, -0.2) is 21.8 Å². The highest BCUT2D eigenvalue weighted by molar-refractivity contribution is 5.68. The lowest BCUT2D eigenvalue weighted by molar-refractivity contribution is 0.110. The summed E-state index contributed by atoms with van der Waals surface area (Å²) in [5.41, 5.74) is 6.69. The van der Waals surface area contributed by atoms with Crippen LogP contribution in [0, 0.1) is 0 Å². The van der Waals surface area contributed by atoms with Crippen LogP contribution in [0.25, 0.3) is 11.3 Å². The fourth-order valence-electron chi connectivity index (χ4n) is 3.07. The Morgan fingerprint density at radius 3 is 3.08 bits per heavy atom. The minimum atomic E-state index is 0.186. The molecule has 0 amide bonds. The topological polar surface area (TPSA) is 62.8 Å². The summed E-state index contributed by atoms with van der Waals surface area (Å²) in [6.07, 6.45) is 4.58. The number of anilines is 1. The number of benzene rings is 1. The van der Waals surface area contributed by atoms with Gasteiger partial charge in [0.1, 0.15) is 0 Å². The van der Waals surface area contributed by atoms with Crippen molar-refractivity contribution in [2.45, 2.75) is 26.0 Å².